The standard InChI is InChI=1S/C33H38F2N4O6S/c1-21-11-12-39-28(16-24-20-38(13-14-44-24)32(40)45-33(2,3)4)31(36-29(39)15-21)30-26(34)17-25(18-27(30)35)46(41,42)37(5)19-22-7-9-23(43-6)10-8-22/h7-12,15,17-18,24H,13-14,16,19-20H2,1-6H3. The van der Waals surface area contributed by atoms with Gasteiger partial charge in [0.05, 0.1) is 48.2 Å². The molecule has 3 heterocycles. The number of halogens is 2. The molecule has 1 amide bonds. The van der Waals surface area contributed by atoms with E-state index in [9.17, 15) is 13.2 Å². The number of morpholine rings is 1. The van der Waals surface area contributed by atoms with E-state index in [2.05, 4.69) is 4.98 Å². The summed E-state index contributed by atoms with van der Waals surface area (Å²) in [6.45, 7) is 8.02. The molecular formula is C33H38F2N4O6S. The Kier molecular flexibility index (Phi) is 9.39. The molecule has 46 heavy (non-hydrogen) atoms. The summed E-state index contributed by atoms with van der Waals surface area (Å²) in [5.74, 6) is -1.53. The number of methoxy groups -OCH3 is 1. The maximum atomic E-state index is 15.9. The van der Waals surface area contributed by atoms with E-state index in [0.717, 1.165) is 22.0 Å². The summed E-state index contributed by atoms with van der Waals surface area (Å²) in [7, 11) is -1.39. The smallest absolute Gasteiger partial charge is 0.410 e. The molecule has 1 fully saturated rings. The first-order valence-corrected chi connectivity index (χ1v) is 16.3. The fourth-order valence-corrected chi connectivity index (χ4v) is 6.51. The molecule has 1 unspecified atom stereocenters. The zero-order chi connectivity index (χ0) is 33.4. The number of aromatic nitrogens is 2. The molecule has 1 atom stereocenters. The van der Waals surface area contributed by atoms with Gasteiger partial charge < -0.3 is 23.5 Å². The Hall–Kier alpha value is -4.07. The number of carbonyl (C=O) groups is 1. The van der Waals surface area contributed by atoms with Crippen LogP contribution in [0.1, 0.15) is 37.6 Å². The summed E-state index contributed by atoms with van der Waals surface area (Å²) in [6.07, 6.45) is 0.940. The van der Waals surface area contributed by atoms with Gasteiger partial charge in [-0.1, -0.05) is 12.1 Å². The number of imidazole rings is 1. The van der Waals surface area contributed by atoms with Crippen molar-refractivity contribution in [2.45, 2.75) is 57.3 Å². The van der Waals surface area contributed by atoms with Gasteiger partial charge in [-0.2, -0.15) is 4.31 Å². The van der Waals surface area contributed by atoms with E-state index in [4.69, 9.17) is 14.2 Å². The van der Waals surface area contributed by atoms with Crippen LogP contribution in [0.2, 0.25) is 0 Å². The molecule has 2 aromatic carbocycles. The number of hydrogen-bond donors (Lipinski definition) is 0. The third-order valence-corrected chi connectivity index (χ3v) is 9.40. The maximum Gasteiger partial charge on any atom is 0.410 e. The lowest BCUT2D eigenvalue weighted by Crippen LogP contribution is -2.48. The van der Waals surface area contributed by atoms with E-state index in [-0.39, 0.29) is 31.8 Å². The topological polar surface area (TPSA) is 103 Å². The van der Waals surface area contributed by atoms with E-state index in [1.165, 1.54) is 14.2 Å². The van der Waals surface area contributed by atoms with Gasteiger partial charge in [0.1, 0.15) is 28.6 Å². The first kappa shape index (κ1) is 33.3. The van der Waals surface area contributed by atoms with Gasteiger partial charge in [0.2, 0.25) is 10.0 Å². The van der Waals surface area contributed by atoms with Gasteiger partial charge in [-0.15, -0.1) is 0 Å². The van der Waals surface area contributed by atoms with E-state index in [1.807, 2.05) is 13.0 Å². The number of aryl methyl sites for hydroxylation is 1. The molecular weight excluding hydrogens is 618 g/mol. The molecule has 0 aliphatic carbocycles. The van der Waals surface area contributed by atoms with Crippen LogP contribution in [-0.2, 0) is 32.5 Å². The van der Waals surface area contributed by atoms with Crippen LogP contribution in [0.4, 0.5) is 13.6 Å². The highest BCUT2D eigenvalue weighted by Gasteiger charge is 2.32. The molecule has 1 saturated heterocycles. The zero-order valence-electron chi connectivity index (χ0n) is 26.7. The Balaban J connectivity index is 1.47. The van der Waals surface area contributed by atoms with Crippen molar-refractivity contribution >= 4 is 21.8 Å². The number of rotatable bonds is 8. The van der Waals surface area contributed by atoms with Crippen molar-refractivity contribution < 1.29 is 36.2 Å². The van der Waals surface area contributed by atoms with Gasteiger partial charge in [-0.05, 0) is 75.2 Å². The Morgan fingerprint density at radius 2 is 1.78 bits per heavy atom. The highest BCUT2D eigenvalue weighted by molar-refractivity contribution is 7.89. The van der Waals surface area contributed by atoms with Crippen molar-refractivity contribution in [1.29, 1.82) is 0 Å². The predicted molar refractivity (Wildman–Crippen MR) is 168 cm³/mol. The second-order valence-corrected chi connectivity index (χ2v) is 14.4. The molecule has 0 radical (unpaired) electrons. The molecule has 10 nitrogen and oxygen atoms in total. The first-order chi connectivity index (χ1) is 21.7. The Bertz CT molecular complexity index is 1830. The minimum absolute atomic E-state index is 0.0189. The Morgan fingerprint density at radius 3 is 2.41 bits per heavy atom. The van der Waals surface area contributed by atoms with Crippen LogP contribution in [0.5, 0.6) is 5.75 Å². The molecule has 0 N–H and O–H groups in total. The number of pyridine rings is 1. The number of benzene rings is 2. The number of carbonyl (C=O) groups excluding carboxylic acids is 1. The second kappa shape index (κ2) is 13.0. The summed E-state index contributed by atoms with van der Waals surface area (Å²) in [5.41, 5.74) is 1.38. The van der Waals surface area contributed by atoms with Crippen LogP contribution in [0.25, 0.3) is 16.9 Å². The molecule has 13 heteroatoms. The van der Waals surface area contributed by atoms with Gasteiger partial charge in [0, 0.05) is 32.8 Å². The monoisotopic (exact) mass is 656 g/mol. The number of fused-ring (bicyclic) bond motifs is 1. The van der Waals surface area contributed by atoms with Crippen LogP contribution in [-0.4, -0.2) is 78.7 Å². The molecule has 0 bridgehead atoms. The molecule has 0 saturated carbocycles. The molecule has 246 valence electrons. The average Bonchev–Trinajstić information content (AvgIpc) is 3.32. The summed E-state index contributed by atoms with van der Waals surface area (Å²) in [6, 6.07) is 12.1. The number of hydrogen-bond acceptors (Lipinski definition) is 7. The normalized spacial score (nSPS) is 15.8. The number of nitrogens with zero attached hydrogens (tertiary/aromatic N) is 4. The molecule has 0 spiro atoms. The van der Waals surface area contributed by atoms with E-state index >= 15 is 8.78 Å². The van der Waals surface area contributed by atoms with Crippen LogP contribution >= 0.6 is 0 Å². The Morgan fingerprint density at radius 1 is 1.11 bits per heavy atom. The zero-order valence-corrected chi connectivity index (χ0v) is 27.5. The lowest BCUT2D eigenvalue weighted by molar-refractivity contribution is -0.0418. The minimum atomic E-state index is -4.26. The number of ether oxygens (including phenoxy) is 3. The first-order valence-electron chi connectivity index (χ1n) is 14.8. The number of sulfonamides is 1. The van der Waals surface area contributed by atoms with E-state index in [0.29, 0.717) is 29.2 Å². The quantitative estimate of drug-likeness (QED) is 0.244. The predicted octanol–water partition coefficient (Wildman–Crippen LogP) is 5.60. The molecule has 5 rings (SSSR count). The largest absolute Gasteiger partial charge is 0.497 e. The number of amides is 1. The summed E-state index contributed by atoms with van der Waals surface area (Å²) >= 11 is 0. The molecule has 2 aromatic heterocycles. The summed E-state index contributed by atoms with van der Waals surface area (Å²) < 4.78 is 78.0. The van der Waals surface area contributed by atoms with Crippen molar-refractivity contribution in [1.82, 2.24) is 18.6 Å². The fraction of sp³-hybridized carbons (Fsp3) is 0.394. The van der Waals surface area contributed by atoms with Crippen molar-refractivity contribution in [2.75, 3.05) is 33.9 Å². The van der Waals surface area contributed by atoms with Gasteiger partial charge in [-0.3, -0.25) is 0 Å². The van der Waals surface area contributed by atoms with Crippen molar-refractivity contribution in [2.24, 2.45) is 0 Å². The van der Waals surface area contributed by atoms with Crippen LogP contribution < -0.4 is 4.74 Å². The van der Waals surface area contributed by atoms with E-state index in [1.54, 1.807) is 66.6 Å². The van der Waals surface area contributed by atoms with Crippen molar-refractivity contribution in [3.63, 3.8) is 0 Å². The average molecular weight is 657 g/mol. The fourth-order valence-electron chi connectivity index (χ4n) is 5.32. The van der Waals surface area contributed by atoms with Gasteiger partial charge in [0.25, 0.3) is 0 Å². The van der Waals surface area contributed by atoms with Crippen LogP contribution in [0, 0.1) is 18.6 Å². The lowest BCUT2D eigenvalue weighted by Gasteiger charge is -2.34. The van der Waals surface area contributed by atoms with Gasteiger partial charge >= 0.3 is 6.09 Å². The van der Waals surface area contributed by atoms with E-state index < -0.39 is 49.9 Å². The third kappa shape index (κ3) is 7.16. The van der Waals surface area contributed by atoms with Crippen molar-refractivity contribution in [3.8, 4) is 17.0 Å². The molecule has 4 aromatic rings. The highest BCUT2D eigenvalue weighted by Crippen LogP contribution is 2.34. The van der Waals surface area contributed by atoms with Crippen LogP contribution in [0.3, 0.4) is 0 Å². The molecule has 1 aliphatic heterocycles. The lowest BCUT2D eigenvalue weighted by atomic mass is 10.0. The Labute approximate surface area is 267 Å². The van der Waals surface area contributed by atoms with Crippen LogP contribution in [0.15, 0.2) is 59.6 Å². The van der Waals surface area contributed by atoms with Gasteiger partial charge in [0.15, 0.2) is 0 Å². The minimum Gasteiger partial charge on any atom is -0.497 e. The summed E-state index contributed by atoms with van der Waals surface area (Å²) in [4.78, 5) is 18.4. The summed E-state index contributed by atoms with van der Waals surface area (Å²) in [5, 5.41) is 0. The maximum absolute atomic E-state index is 15.9. The second-order valence-electron chi connectivity index (χ2n) is 12.3. The van der Waals surface area contributed by atoms with Crippen molar-refractivity contribution in [3.05, 3.63) is 83.2 Å². The highest BCUT2D eigenvalue weighted by atomic mass is 32.2. The molecule has 1 aliphatic rings. The van der Waals surface area contributed by atoms with Gasteiger partial charge in [-0.25, -0.2) is 27.0 Å². The SMILES string of the molecule is COc1ccc(CN(C)S(=O)(=O)c2cc(F)c(-c3nc4cc(C)ccn4c3CC3CN(C(=O)OC(C)(C)C)CCO3)c(F)c2)cc1. The third-order valence-electron chi connectivity index (χ3n) is 7.62.